The lowest BCUT2D eigenvalue weighted by Gasteiger charge is -2.26. The Hall–Kier alpha value is -7.66. The van der Waals surface area contributed by atoms with E-state index in [0.29, 0.717) is 26.4 Å². The molecule has 11 aromatic rings. The van der Waals surface area contributed by atoms with Gasteiger partial charge in [-0.25, -0.2) is 0 Å². The molecular formula is C95H112O4P4. The van der Waals surface area contributed by atoms with Gasteiger partial charge >= 0.3 is 0 Å². The van der Waals surface area contributed by atoms with Gasteiger partial charge in [0, 0.05) is 44.5 Å². The molecule has 0 fully saturated rings. The Balaban J connectivity index is 0.000000159. The highest BCUT2D eigenvalue weighted by atomic mass is 31.0. The lowest BCUT2D eigenvalue weighted by molar-refractivity contribution is 0.299. The second-order valence-corrected chi connectivity index (χ2v) is 28.0. The molecule has 0 aliphatic carbocycles. The molecule has 4 aliphatic rings. The first-order valence-corrected chi connectivity index (χ1v) is 40.9. The summed E-state index contributed by atoms with van der Waals surface area (Å²) in [5.41, 5.74) is 44.4. The van der Waals surface area contributed by atoms with Gasteiger partial charge in [0.15, 0.2) is 0 Å². The number of ether oxygens (including phenoxy) is 4. The van der Waals surface area contributed by atoms with Gasteiger partial charge in [0.2, 0.25) is 0 Å². The van der Waals surface area contributed by atoms with Gasteiger partial charge in [0.25, 0.3) is 0 Å². The molecular weight excluding hydrogens is 1330 g/mol. The maximum Gasteiger partial charge on any atom is 0.131 e. The van der Waals surface area contributed by atoms with Crippen molar-refractivity contribution >= 4 is 37.0 Å². The summed E-state index contributed by atoms with van der Waals surface area (Å²) in [6.07, 6.45) is 7.14. The number of aryl methyl sites for hydroxylation is 4. The van der Waals surface area contributed by atoms with E-state index in [1.807, 2.05) is 41.5 Å². The minimum Gasteiger partial charge on any atom is -0.488 e. The molecule has 4 nitrogen and oxygen atoms in total. The Labute approximate surface area is 628 Å². The number of fused-ring (bicyclic) bond motifs is 12. The van der Waals surface area contributed by atoms with E-state index in [4.69, 9.17) is 18.9 Å². The third kappa shape index (κ3) is 16.6. The summed E-state index contributed by atoms with van der Waals surface area (Å²) in [6.45, 7) is 40.9. The van der Waals surface area contributed by atoms with Crippen molar-refractivity contribution in [1.29, 1.82) is 0 Å². The molecule has 11 aromatic carbocycles. The summed E-state index contributed by atoms with van der Waals surface area (Å²) in [5.74, 6) is 4.22. The normalized spacial score (nSPS) is 11.8. The molecule has 15 rings (SSSR count). The SMILES string of the molecule is CC.CC.CC.CCc1ccc(-c2ccc3c(c2C)OCc2c-3ccc(-c3ccc(CP)cc3)c2C)cc1.CCc1ccc2c(c1C)OCc1c-2ccc(-c2ccc(CP)cc2)c1C.CCc1ccc2c(c1C)OCc1c-2ccc(CP)c1C.Cc1ccc2c(c1C)OCc1c-2ccc(CP)c1C. The Bertz CT molecular complexity index is 4610. The Kier molecular flexibility index (Phi) is 28.4. The van der Waals surface area contributed by atoms with Crippen LogP contribution >= 0.6 is 37.0 Å². The first-order valence-electron chi connectivity index (χ1n) is 37.6. The monoisotopic (exact) mass is 1440 g/mol. The summed E-state index contributed by atoms with van der Waals surface area (Å²) in [7, 11) is 11.2. The van der Waals surface area contributed by atoms with Crippen LogP contribution in [-0.2, 0) is 70.3 Å². The second kappa shape index (κ2) is 36.9. The molecule has 536 valence electrons. The zero-order valence-electron chi connectivity index (χ0n) is 64.9. The van der Waals surface area contributed by atoms with Crippen molar-refractivity contribution in [2.45, 2.75) is 195 Å². The molecule has 103 heavy (non-hydrogen) atoms. The van der Waals surface area contributed by atoms with Gasteiger partial charge in [-0.15, -0.1) is 37.0 Å². The van der Waals surface area contributed by atoms with Crippen LogP contribution in [0, 0.1) is 62.3 Å². The first-order chi connectivity index (χ1) is 50.0. The molecule has 0 N–H and O–H groups in total. The lowest BCUT2D eigenvalue weighted by atomic mass is 9.86. The zero-order chi connectivity index (χ0) is 74.3. The van der Waals surface area contributed by atoms with Crippen LogP contribution in [0.25, 0.3) is 77.9 Å². The highest BCUT2D eigenvalue weighted by molar-refractivity contribution is 7.16. The van der Waals surface area contributed by atoms with E-state index in [0.717, 1.165) is 66.9 Å². The third-order valence-corrected chi connectivity index (χ3v) is 23.0. The average molecular weight is 1440 g/mol. The van der Waals surface area contributed by atoms with Crippen LogP contribution in [0.15, 0.2) is 170 Å². The quantitative estimate of drug-likeness (QED) is 0.128. The van der Waals surface area contributed by atoms with Crippen LogP contribution in [0.4, 0.5) is 0 Å². The molecule has 4 aliphatic heterocycles. The molecule has 0 bridgehead atoms. The van der Waals surface area contributed by atoms with Crippen LogP contribution in [0.3, 0.4) is 0 Å². The van der Waals surface area contributed by atoms with Crippen LogP contribution in [0.1, 0.15) is 174 Å². The molecule has 4 heterocycles. The minimum absolute atomic E-state index is 0.616. The summed E-state index contributed by atoms with van der Waals surface area (Å²) in [4.78, 5) is 0. The summed E-state index contributed by atoms with van der Waals surface area (Å²) in [6, 6.07) is 62.5. The van der Waals surface area contributed by atoms with Crippen LogP contribution in [0.2, 0.25) is 0 Å². The van der Waals surface area contributed by atoms with Gasteiger partial charge in [0.1, 0.15) is 49.4 Å². The molecule has 0 radical (unpaired) electrons. The van der Waals surface area contributed by atoms with E-state index >= 15 is 0 Å². The van der Waals surface area contributed by atoms with Crippen molar-refractivity contribution in [3.63, 3.8) is 0 Å². The Morgan fingerprint density at radius 2 is 0.495 bits per heavy atom. The van der Waals surface area contributed by atoms with Crippen LogP contribution in [-0.4, -0.2) is 0 Å². The second-order valence-electron chi connectivity index (χ2n) is 26.4. The highest BCUT2D eigenvalue weighted by Gasteiger charge is 2.28. The third-order valence-electron chi connectivity index (χ3n) is 21.2. The molecule has 0 amide bonds. The van der Waals surface area contributed by atoms with Crippen molar-refractivity contribution in [3.05, 3.63) is 281 Å². The molecule has 8 heteroatoms. The van der Waals surface area contributed by atoms with Gasteiger partial charge in [-0.2, -0.15) is 0 Å². The largest absolute Gasteiger partial charge is 0.488 e. The van der Waals surface area contributed by atoms with E-state index in [9.17, 15) is 0 Å². The molecule has 0 spiro atoms. The standard InChI is InChI=1S/C30H29OP.C24H25OP.C18H21OP.C17H19OP.3C2H6/c1-4-21-5-9-24(10-6-21)26-14-16-28-27-15-13-25(23-11-7-22(18-32)8-12-23)19(2)29(27)17-31-30(28)20(26)3;1-4-18-9-10-22-21-12-11-20(19-7-5-17(14-26)6-8-19)16(3)23(21)13-25-24(22)15(18)2;1-4-13-5-8-16-15-7-6-14(10-20)11(2)17(15)9-19-18(16)12(13)3;1-10-4-6-15-14-7-5-13(9-19)12(3)16(14)8-18-17(15)11(10)2;3*1-2/h5-16H,4,17-18,32H2,1-3H3;5-12H,4,13-14,26H2,1-3H3;5-8H,4,9-10,20H2,1-3H3;4-7H,8-9,19H2,1-3H3;3*1-2H3. The smallest absolute Gasteiger partial charge is 0.131 e. The fourth-order valence-corrected chi connectivity index (χ4v) is 16.1. The molecule has 0 aromatic heterocycles. The van der Waals surface area contributed by atoms with Crippen molar-refractivity contribution in [3.8, 4) is 101 Å². The van der Waals surface area contributed by atoms with E-state index in [2.05, 4.69) is 290 Å². The Morgan fingerprint density at radius 3 is 0.825 bits per heavy atom. The van der Waals surface area contributed by atoms with Crippen molar-refractivity contribution in [2.24, 2.45) is 0 Å². The average Bonchev–Trinajstić information content (AvgIpc) is 0.762. The molecule has 4 atom stereocenters. The number of rotatable bonds is 10. The van der Waals surface area contributed by atoms with Crippen molar-refractivity contribution < 1.29 is 18.9 Å². The van der Waals surface area contributed by atoms with Gasteiger partial charge in [0.05, 0.1) is 0 Å². The first kappa shape index (κ1) is 79.5. The predicted octanol–water partition coefficient (Wildman–Crippen LogP) is 27.0. The molecule has 0 saturated carbocycles. The van der Waals surface area contributed by atoms with Gasteiger partial charge in [-0.05, 0) is 251 Å². The molecule has 0 saturated heterocycles. The predicted molar refractivity (Wildman–Crippen MR) is 460 cm³/mol. The summed E-state index contributed by atoms with van der Waals surface area (Å²) in [5, 5.41) is 0. The summed E-state index contributed by atoms with van der Waals surface area (Å²) < 4.78 is 24.8. The van der Waals surface area contributed by atoms with E-state index in [1.54, 1.807) is 0 Å². The van der Waals surface area contributed by atoms with Gasteiger partial charge in [-0.3, -0.25) is 0 Å². The number of benzene rings is 11. The molecule has 4 unspecified atom stereocenters. The zero-order valence-corrected chi connectivity index (χ0v) is 69.5. The Morgan fingerprint density at radius 1 is 0.233 bits per heavy atom. The van der Waals surface area contributed by atoms with E-state index < -0.39 is 0 Å². The fourth-order valence-electron chi connectivity index (χ4n) is 14.7. The van der Waals surface area contributed by atoms with Crippen molar-refractivity contribution in [1.82, 2.24) is 0 Å². The van der Waals surface area contributed by atoms with Crippen molar-refractivity contribution in [2.75, 3.05) is 0 Å². The topological polar surface area (TPSA) is 36.9 Å². The minimum atomic E-state index is 0.616. The summed E-state index contributed by atoms with van der Waals surface area (Å²) >= 11 is 0. The van der Waals surface area contributed by atoms with Crippen LogP contribution in [0.5, 0.6) is 23.0 Å². The maximum atomic E-state index is 6.39. The van der Waals surface area contributed by atoms with E-state index in [-0.39, 0.29) is 0 Å². The number of hydrogen-bond acceptors (Lipinski definition) is 4. The van der Waals surface area contributed by atoms with Gasteiger partial charge < -0.3 is 18.9 Å². The van der Waals surface area contributed by atoms with Crippen LogP contribution < -0.4 is 18.9 Å². The fraction of sp³-hybridized carbons (Fsp3) is 0.305. The lowest BCUT2D eigenvalue weighted by Crippen LogP contribution is -2.10. The maximum absolute atomic E-state index is 6.39. The van der Waals surface area contributed by atoms with E-state index in [1.165, 1.54) is 189 Å². The van der Waals surface area contributed by atoms with Gasteiger partial charge in [-0.1, -0.05) is 232 Å². The highest BCUT2D eigenvalue weighted by Crippen LogP contribution is 2.49. The number of hydrogen-bond donors (Lipinski definition) is 0.